The molecule has 0 aliphatic carbocycles. The monoisotopic (exact) mass is 281 g/mol. The van der Waals surface area contributed by atoms with Crippen LogP contribution in [-0.2, 0) is 19.1 Å². The molecule has 6 heteroatoms. The second-order valence-corrected chi connectivity index (χ2v) is 5.87. The molecular formula is C14H19NO5. The van der Waals surface area contributed by atoms with Crippen molar-refractivity contribution in [3.63, 3.8) is 0 Å². The molecule has 2 bridgehead atoms. The third-order valence-corrected chi connectivity index (χ3v) is 4.65. The van der Waals surface area contributed by atoms with E-state index < -0.39 is 5.97 Å². The van der Waals surface area contributed by atoms with Crippen LogP contribution < -0.4 is 0 Å². The van der Waals surface area contributed by atoms with Gasteiger partial charge in [0.15, 0.2) is 0 Å². The summed E-state index contributed by atoms with van der Waals surface area (Å²) in [5.41, 5.74) is 0. The van der Waals surface area contributed by atoms with Gasteiger partial charge in [0.2, 0.25) is 11.8 Å². The zero-order chi connectivity index (χ0) is 14.3. The number of carboxylic acid groups (broad SMARTS) is 1. The Hall–Kier alpha value is -1.43. The van der Waals surface area contributed by atoms with E-state index in [0.717, 1.165) is 19.3 Å². The van der Waals surface area contributed by atoms with Crippen molar-refractivity contribution in [2.24, 2.45) is 11.8 Å². The molecule has 0 spiro atoms. The first-order valence-electron chi connectivity index (χ1n) is 7.32. The average Bonchev–Trinajstić information content (AvgIpc) is 3.06. The van der Waals surface area contributed by atoms with Crippen LogP contribution >= 0.6 is 0 Å². The van der Waals surface area contributed by atoms with Gasteiger partial charge in [-0.05, 0) is 25.7 Å². The van der Waals surface area contributed by atoms with Gasteiger partial charge in [-0.2, -0.15) is 0 Å². The number of nitrogens with zero attached hydrogens (tertiary/aromatic N) is 1. The Morgan fingerprint density at radius 2 is 1.70 bits per heavy atom. The van der Waals surface area contributed by atoms with Gasteiger partial charge in [0, 0.05) is 13.0 Å². The van der Waals surface area contributed by atoms with Crippen LogP contribution in [0.15, 0.2) is 0 Å². The predicted octanol–water partition coefficient (Wildman–Crippen LogP) is 0.794. The number of rotatable bonds is 6. The fraction of sp³-hybridized carbons (Fsp3) is 0.786. The van der Waals surface area contributed by atoms with Crippen LogP contribution in [0.4, 0.5) is 0 Å². The number of hydrogen-bond donors (Lipinski definition) is 1. The Morgan fingerprint density at radius 1 is 1.10 bits per heavy atom. The molecule has 110 valence electrons. The number of ether oxygens (including phenoxy) is 1. The van der Waals surface area contributed by atoms with Crippen molar-refractivity contribution in [2.75, 3.05) is 6.54 Å². The fourth-order valence-corrected chi connectivity index (χ4v) is 3.72. The molecule has 3 heterocycles. The second kappa shape index (κ2) is 5.16. The lowest BCUT2D eigenvalue weighted by molar-refractivity contribution is -0.143. The SMILES string of the molecule is O=C(O)CCCCCN1C(=O)C2C(C1=O)[C@H]1CC[C@H]2O1. The molecule has 1 N–H and O–H groups in total. The van der Waals surface area contributed by atoms with E-state index in [1.54, 1.807) is 0 Å². The van der Waals surface area contributed by atoms with E-state index in [0.29, 0.717) is 19.4 Å². The van der Waals surface area contributed by atoms with Crippen LogP contribution in [0.5, 0.6) is 0 Å². The quantitative estimate of drug-likeness (QED) is 0.575. The summed E-state index contributed by atoms with van der Waals surface area (Å²) in [7, 11) is 0. The molecule has 6 nitrogen and oxygen atoms in total. The van der Waals surface area contributed by atoms with E-state index in [1.807, 2.05) is 0 Å². The average molecular weight is 281 g/mol. The van der Waals surface area contributed by atoms with E-state index in [-0.39, 0.29) is 42.3 Å². The predicted molar refractivity (Wildman–Crippen MR) is 67.7 cm³/mol. The van der Waals surface area contributed by atoms with Gasteiger partial charge >= 0.3 is 5.97 Å². The molecule has 20 heavy (non-hydrogen) atoms. The highest BCUT2D eigenvalue weighted by Crippen LogP contribution is 2.48. The molecule has 0 saturated carbocycles. The van der Waals surface area contributed by atoms with Crippen LogP contribution in [0, 0.1) is 11.8 Å². The zero-order valence-corrected chi connectivity index (χ0v) is 11.3. The summed E-state index contributed by atoms with van der Waals surface area (Å²) in [6, 6.07) is 0. The first-order chi connectivity index (χ1) is 9.59. The Bertz CT molecular complexity index is 421. The Labute approximate surface area is 117 Å². The largest absolute Gasteiger partial charge is 0.481 e. The van der Waals surface area contributed by atoms with Gasteiger partial charge in [-0.15, -0.1) is 0 Å². The van der Waals surface area contributed by atoms with E-state index in [1.165, 1.54) is 4.90 Å². The highest BCUT2D eigenvalue weighted by molar-refractivity contribution is 6.06. The normalized spacial score (nSPS) is 34.9. The Kier molecular flexibility index (Phi) is 3.50. The van der Waals surface area contributed by atoms with Crippen molar-refractivity contribution >= 4 is 17.8 Å². The molecule has 0 aromatic rings. The minimum atomic E-state index is -0.804. The summed E-state index contributed by atoms with van der Waals surface area (Å²) in [5, 5.41) is 8.55. The number of fused-ring (bicyclic) bond motifs is 5. The van der Waals surface area contributed by atoms with Crippen LogP contribution in [0.25, 0.3) is 0 Å². The van der Waals surface area contributed by atoms with Crippen LogP contribution in [0.1, 0.15) is 38.5 Å². The number of unbranched alkanes of at least 4 members (excludes halogenated alkanes) is 2. The molecule has 3 fully saturated rings. The summed E-state index contributed by atoms with van der Waals surface area (Å²) in [4.78, 5) is 36.4. The maximum absolute atomic E-state index is 12.3. The molecule has 3 aliphatic rings. The topological polar surface area (TPSA) is 83.9 Å². The summed E-state index contributed by atoms with van der Waals surface area (Å²) in [5.74, 6) is -1.46. The molecule has 4 atom stereocenters. The molecule has 3 rings (SSSR count). The highest BCUT2D eigenvalue weighted by atomic mass is 16.5. The Balaban J connectivity index is 1.52. The van der Waals surface area contributed by atoms with E-state index in [9.17, 15) is 14.4 Å². The third kappa shape index (κ3) is 2.12. The van der Waals surface area contributed by atoms with E-state index in [2.05, 4.69) is 0 Å². The molecule has 3 saturated heterocycles. The van der Waals surface area contributed by atoms with E-state index >= 15 is 0 Å². The molecule has 2 unspecified atom stereocenters. The molecular weight excluding hydrogens is 262 g/mol. The summed E-state index contributed by atoms with van der Waals surface area (Å²) in [6.07, 6.45) is 3.80. The van der Waals surface area contributed by atoms with Gasteiger partial charge in [-0.3, -0.25) is 19.3 Å². The second-order valence-electron chi connectivity index (χ2n) is 5.87. The van der Waals surface area contributed by atoms with Crippen LogP contribution in [-0.4, -0.2) is 46.5 Å². The minimum absolute atomic E-state index is 0.0570. The van der Waals surface area contributed by atoms with Gasteiger partial charge in [-0.25, -0.2) is 0 Å². The number of imide groups is 1. The Morgan fingerprint density at radius 3 is 2.25 bits per heavy atom. The van der Waals surface area contributed by atoms with Crippen LogP contribution in [0.3, 0.4) is 0 Å². The van der Waals surface area contributed by atoms with Gasteiger partial charge < -0.3 is 9.84 Å². The van der Waals surface area contributed by atoms with Gasteiger partial charge in [-0.1, -0.05) is 6.42 Å². The number of aliphatic carboxylic acids is 1. The van der Waals surface area contributed by atoms with Crippen molar-refractivity contribution in [3.8, 4) is 0 Å². The summed E-state index contributed by atoms with van der Waals surface area (Å²) >= 11 is 0. The molecule has 2 amide bonds. The maximum Gasteiger partial charge on any atom is 0.303 e. The third-order valence-electron chi connectivity index (χ3n) is 4.65. The lowest BCUT2D eigenvalue weighted by Gasteiger charge is -2.17. The van der Waals surface area contributed by atoms with Crippen molar-refractivity contribution in [2.45, 2.75) is 50.7 Å². The van der Waals surface area contributed by atoms with Gasteiger partial charge in [0.1, 0.15) is 0 Å². The van der Waals surface area contributed by atoms with Crippen molar-refractivity contribution in [1.82, 2.24) is 4.90 Å². The molecule has 3 aliphatic heterocycles. The number of likely N-dealkylation sites (tertiary alicyclic amines) is 1. The fourth-order valence-electron chi connectivity index (χ4n) is 3.72. The highest BCUT2D eigenvalue weighted by Gasteiger charge is 2.62. The zero-order valence-electron chi connectivity index (χ0n) is 11.3. The lowest BCUT2D eigenvalue weighted by Crippen LogP contribution is -2.35. The molecule has 0 radical (unpaired) electrons. The summed E-state index contributed by atoms with van der Waals surface area (Å²) < 4.78 is 5.66. The van der Waals surface area contributed by atoms with Crippen molar-refractivity contribution in [1.29, 1.82) is 0 Å². The number of hydrogen-bond acceptors (Lipinski definition) is 4. The summed E-state index contributed by atoms with van der Waals surface area (Å²) in [6.45, 7) is 0.420. The molecule has 0 aromatic heterocycles. The van der Waals surface area contributed by atoms with Gasteiger partial charge in [0.25, 0.3) is 0 Å². The lowest BCUT2D eigenvalue weighted by atomic mass is 9.81. The number of amides is 2. The molecule has 0 aromatic carbocycles. The first-order valence-corrected chi connectivity index (χ1v) is 7.32. The van der Waals surface area contributed by atoms with E-state index in [4.69, 9.17) is 9.84 Å². The maximum atomic E-state index is 12.3. The smallest absolute Gasteiger partial charge is 0.303 e. The number of carbonyl (C=O) groups is 3. The van der Waals surface area contributed by atoms with Gasteiger partial charge in [0.05, 0.1) is 24.0 Å². The number of carboxylic acids is 1. The standard InChI is InChI=1S/C14H19NO5/c16-10(17)4-2-1-3-7-15-13(18)11-8-5-6-9(20-8)12(11)14(15)19/h8-9,11-12H,1-7H2,(H,16,17)/t8-,9-,11?,12?/m1/s1. The van der Waals surface area contributed by atoms with Crippen molar-refractivity contribution in [3.05, 3.63) is 0 Å². The minimum Gasteiger partial charge on any atom is -0.481 e. The van der Waals surface area contributed by atoms with Crippen LogP contribution in [0.2, 0.25) is 0 Å². The number of carbonyl (C=O) groups excluding carboxylic acids is 2. The van der Waals surface area contributed by atoms with Crippen molar-refractivity contribution < 1.29 is 24.2 Å². The first kappa shape index (κ1) is 13.5.